The van der Waals surface area contributed by atoms with Gasteiger partial charge in [-0.2, -0.15) is 0 Å². The summed E-state index contributed by atoms with van der Waals surface area (Å²) in [5.41, 5.74) is 2.91. The van der Waals surface area contributed by atoms with Crippen molar-refractivity contribution in [3.63, 3.8) is 0 Å². The first-order valence-corrected chi connectivity index (χ1v) is 9.18. The Kier molecular flexibility index (Phi) is 4.84. The molecule has 1 atom stereocenters. The molecule has 0 N–H and O–H groups in total. The Labute approximate surface area is 127 Å². The lowest BCUT2D eigenvalue weighted by Crippen LogP contribution is -2.39. The highest BCUT2D eigenvalue weighted by molar-refractivity contribution is 7.88. The normalized spacial score (nSPS) is 20.4. The largest absolute Gasteiger partial charge is 0.294 e. The van der Waals surface area contributed by atoms with Crippen LogP contribution in [0, 0.1) is 19.8 Å². The van der Waals surface area contributed by atoms with E-state index >= 15 is 0 Å². The summed E-state index contributed by atoms with van der Waals surface area (Å²) >= 11 is 0. The summed E-state index contributed by atoms with van der Waals surface area (Å²) < 4.78 is 24.8. The second-order valence-electron chi connectivity index (χ2n) is 6.00. The third kappa shape index (κ3) is 3.92. The smallest absolute Gasteiger partial charge is 0.211 e. The molecule has 1 aliphatic rings. The average Bonchev–Trinajstić information content (AvgIpc) is 2.41. The highest BCUT2D eigenvalue weighted by Gasteiger charge is 2.27. The van der Waals surface area contributed by atoms with E-state index in [0.717, 1.165) is 29.5 Å². The molecule has 1 saturated heterocycles. The number of ketones is 1. The molecule has 0 spiro atoms. The van der Waals surface area contributed by atoms with E-state index in [1.165, 1.54) is 10.6 Å². The van der Waals surface area contributed by atoms with E-state index in [0.29, 0.717) is 19.5 Å². The van der Waals surface area contributed by atoms with Crippen molar-refractivity contribution >= 4 is 15.8 Å². The number of rotatable bonds is 4. The number of carbonyl (C=O) groups is 1. The highest BCUT2D eigenvalue weighted by atomic mass is 32.2. The van der Waals surface area contributed by atoms with Crippen LogP contribution in [0.4, 0.5) is 0 Å². The van der Waals surface area contributed by atoms with Crippen molar-refractivity contribution in [3.8, 4) is 0 Å². The molecule has 1 aromatic rings. The van der Waals surface area contributed by atoms with Crippen LogP contribution >= 0.6 is 0 Å². The molecule has 2 rings (SSSR count). The summed E-state index contributed by atoms with van der Waals surface area (Å²) in [5.74, 6) is 0.248. The highest BCUT2D eigenvalue weighted by Crippen LogP contribution is 2.24. The van der Waals surface area contributed by atoms with Crippen molar-refractivity contribution in [1.82, 2.24) is 4.31 Å². The van der Waals surface area contributed by atoms with Gasteiger partial charge in [-0.15, -0.1) is 0 Å². The molecule has 21 heavy (non-hydrogen) atoms. The van der Waals surface area contributed by atoms with Gasteiger partial charge >= 0.3 is 0 Å². The fourth-order valence-electron chi connectivity index (χ4n) is 2.92. The number of carbonyl (C=O) groups excluding carboxylic acids is 1. The predicted octanol–water partition coefficient (Wildman–Crippen LogP) is 2.55. The topological polar surface area (TPSA) is 54.5 Å². The second-order valence-corrected chi connectivity index (χ2v) is 7.99. The minimum absolute atomic E-state index is 0.122. The van der Waals surface area contributed by atoms with Crippen LogP contribution in [0.25, 0.3) is 0 Å². The first-order chi connectivity index (χ1) is 9.79. The van der Waals surface area contributed by atoms with Crippen LogP contribution in [0.3, 0.4) is 0 Å². The molecular weight excluding hydrogens is 286 g/mol. The van der Waals surface area contributed by atoms with Crippen molar-refractivity contribution < 1.29 is 13.2 Å². The minimum Gasteiger partial charge on any atom is -0.294 e. The Morgan fingerprint density at radius 1 is 1.33 bits per heavy atom. The maximum Gasteiger partial charge on any atom is 0.211 e. The van der Waals surface area contributed by atoms with E-state index in [1.54, 1.807) is 0 Å². The van der Waals surface area contributed by atoms with E-state index < -0.39 is 10.0 Å². The summed E-state index contributed by atoms with van der Waals surface area (Å²) in [6.45, 7) is 5.01. The van der Waals surface area contributed by atoms with Crippen LogP contribution in [0.1, 0.15) is 40.7 Å². The summed E-state index contributed by atoms with van der Waals surface area (Å²) in [6, 6.07) is 5.76. The van der Waals surface area contributed by atoms with Gasteiger partial charge in [0.2, 0.25) is 10.0 Å². The number of Topliss-reactive ketones (excluding diaryl/α,β-unsaturated/α-hetero) is 1. The zero-order chi connectivity index (χ0) is 15.6. The zero-order valence-electron chi connectivity index (χ0n) is 12.9. The molecule has 0 amide bonds. The fraction of sp³-hybridized carbons (Fsp3) is 0.562. The molecule has 4 nitrogen and oxygen atoms in total. The average molecular weight is 309 g/mol. The van der Waals surface area contributed by atoms with Crippen molar-refractivity contribution in [3.05, 3.63) is 34.9 Å². The molecule has 1 heterocycles. The van der Waals surface area contributed by atoms with Gasteiger partial charge in [0.05, 0.1) is 6.26 Å². The van der Waals surface area contributed by atoms with E-state index in [1.807, 2.05) is 32.0 Å². The van der Waals surface area contributed by atoms with E-state index in [9.17, 15) is 13.2 Å². The van der Waals surface area contributed by atoms with Gasteiger partial charge in [0.15, 0.2) is 5.78 Å². The van der Waals surface area contributed by atoms with Crippen molar-refractivity contribution in [2.24, 2.45) is 5.92 Å². The summed E-state index contributed by atoms with van der Waals surface area (Å²) in [5, 5.41) is 0. The van der Waals surface area contributed by atoms with E-state index in [4.69, 9.17) is 0 Å². The number of hydrogen-bond donors (Lipinski definition) is 0. The fourth-order valence-corrected chi connectivity index (χ4v) is 3.86. The maximum absolute atomic E-state index is 12.5. The summed E-state index contributed by atoms with van der Waals surface area (Å²) in [7, 11) is -3.15. The van der Waals surface area contributed by atoms with Gasteiger partial charge in [0.1, 0.15) is 0 Å². The van der Waals surface area contributed by atoms with Gasteiger partial charge in [-0.25, -0.2) is 12.7 Å². The molecule has 0 radical (unpaired) electrons. The molecule has 5 heteroatoms. The molecule has 1 fully saturated rings. The van der Waals surface area contributed by atoms with Gasteiger partial charge in [0, 0.05) is 25.1 Å². The van der Waals surface area contributed by atoms with Crippen molar-refractivity contribution in [1.29, 1.82) is 0 Å². The van der Waals surface area contributed by atoms with Crippen LogP contribution in [-0.2, 0) is 10.0 Å². The molecule has 0 bridgehead atoms. The molecule has 116 valence electrons. The number of piperidine rings is 1. The Balaban J connectivity index is 2.08. The Bertz CT molecular complexity index is 637. The van der Waals surface area contributed by atoms with Crippen molar-refractivity contribution in [2.45, 2.75) is 33.1 Å². The molecule has 1 unspecified atom stereocenters. The van der Waals surface area contributed by atoms with Crippen LogP contribution in [-0.4, -0.2) is 37.9 Å². The lowest BCUT2D eigenvalue weighted by Gasteiger charge is -2.30. The zero-order valence-corrected chi connectivity index (χ0v) is 13.7. The Hall–Kier alpha value is -1.20. The van der Waals surface area contributed by atoms with Crippen LogP contribution < -0.4 is 0 Å². The number of nitrogens with zero attached hydrogens (tertiary/aromatic N) is 1. The van der Waals surface area contributed by atoms with Crippen LogP contribution in [0.2, 0.25) is 0 Å². The number of benzene rings is 1. The standard InChI is InChI=1S/C16H23NO3S/c1-12-6-4-8-15(13(12)2)16(18)10-14-7-5-9-17(11-14)21(3,19)20/h4,6,8,14H,5,7,9-11H2,1-3H3. The first-order valence-electron chi connectivity index (χ1n) is 7.33. The van der Waals surface area contributed by atoms with Crippen molar-refractivity contribution in [2.75, 3.05) is 19.3 Å². The third-order valence-electron chi connectivity index (χ3n) is 4.33. The van der Waals surface area contributed by atoms with Gasteiger partial charge < -0.3 is 0 Å². The Morgan fingerprint density at radius 3 is 2.71 bits per heavy atom. The SMILES string of the molecule is Cc1cccc(C(=O)CC2CCCN(S(C)(=O)=O)C2)c1C. The second kappa shape index (κ2) is 6.28. The quantitative estimate of drug-likeness (QED) is 0.803. The predicted molar refractivity (Wildman–Crippen MR) is 84.0 cm³/mol. The molecular formula is C16H23NO3S. The van der Waals surface area contributed by atoms with Gasteiger partial charge in [-0.1, -0.05) is 18.2 Å². The molecule has 1 aromatic carbocycles. The monoisotopic (exact) mass is 309 g/mol. The number of hydrogen-bond acceptors (Lipinski definition) is 3. The molecule has 1 aliphatic heterocycles. The Morgan fingerprint density at radius 2 is 2.05 bits per heavy atom. The minimum atomic E-state index is -3.15. The summed E-state index contributed by atoms with van der Waals surface area (Å²) in [6.07, 6.45) is 3.42. The number of aryl methyl sites for hydroxylation is 1. The molecule has 0 aromatic heterocycles. The molecule has 0 aliphatic carbocycles. The van der Waals surface area contributed by atoms with Gasteiger partial charge in [-0.3, -0.25) is 4.79 Å². The number of sulfonamides is 1. The third-order valence-corrected chi connectivity index (χ3v) is 5.60. The molecule has 0 saturated carbocycles. The lowest BCUT2D eigenvalue weighted by molar-refractivity contribution is 0.0941. The van der Waals surface area contributed by atoms with Crippen LogP contribution in [0.5, 0.6) is 0 Å². The first kappa shape index (κ1) is 16.2. The van der Waals surface area contributed by atoms with Crippen LogP contribution in [0.15, 0.2) is 18.2 Å². The maximum atomic E-state index is 12.5. The van der Waals surface area contributed by atoms with Gasteiger partial charge in [-0.05, 0) is 43.7 Å². The summed E-state index contributed by atoms with van der Waals surface area (Å²) in [4.78, 5) is 12.5. The van der Waals surface area contributed by atoms with Gasteiger partial charge in [0.25, 0.3) is 0 Å². The lowest BCUT2D eigenvalue weighted by atomic mass is 9.90. The van der Waals surface area contributed by atoms with E-state index in [-0.39, 0.29) is 11.7 Å². The van der Waals surface area contributed by atoms with E-state index in [2.05, 4.69) is 0 Å².